The van der Waals surface area contributed by atoms with Gasteiger partial charge in [0.15, 0.2) is 17.5 Å². The second kappa shape index (κ2) is 14.9. The van der Waals surface area contributed by atoms with Crippen LogP contribution in [0, 0.1) is 0 Å². The summed E-state index contributed by atoms with van der Waals surface area (Å²) >= 11 is 1.68. The average molecular weight is 816 g/mol. The third kappa shape index (κ3) is 6.26. The first-order valence-electron chi connectivity index (χ1n) is 23.3. The van der Waals surface area contributed by atoms with Crippen molar-refractivity contribution in [3.8, 4) is 78.7 Å². The van der Waals surface area contributed by atoms with E-state index in [4.69, 9.17) is 22.1 Å². The number of fused-ring (bicyclic) bond motifs is 6. The predicted molar refractivity (Wildman–Crippen MR) is 258 cm³/mol. The SMILES string of the molecule is [2H]c1c([2H])c(-c2ccccc2-c2ccccc2)c2c(oc3c([2H])c(-c4nc(-c5ccc(-c6ccccc6)cc5)nc(-c5cc(-c6ccccc6)cc6sc7ccccc7c56)n4)c([2H])c([2H])c32)c1[2H]. The molecule has 9 aromatic carbocycles. The lowest BCUT2D eigenvalue weighted by molar-refractivity contribution is 0.669. The molecule has 0 fully saturated rings. The predicted octanol–water partition coefficient (Wildman–Crippen LogP) is 15.8. The van der Waals surface area contributed by atoms with Crippen molar-refractivity contribution in [1.29, 1.82) is 0 Å². The van der Waals surface area contributed by atoms with Crippen LogP contribution in [-0.4, -0.2) is 15.0 Å². The summed E-state index contributed by atoms with van der Waals surface area (Å²) in [6.45, 7) is 0. The van der Waals surface area contributed by atoms with E-state index in [9.17, 15) is 5.48 Å². The molecule has 0 N–H and O–H groups in total. The van der Waals surface area contributed by atoms with Gasteiger partial charge in [-0.15, -0.1) is 11.3 Å². The molecule has 12 aromatic rings. The van der Waals surface area contributed by atoms with Crippen molar-refractivity contribution in [1.82, 2.24) is 15.0 Å². The van der Waals surface area contributed by atoms with Gasteiger partial charge in [0.05, 0.1) is 8.22 Å². The molecule has 0 aliphatic carbocycles. The molecule has 12 rings (SSSR count). The van der Waals surface area contributed by atoms with Crippen molar-refractivity contribution in [2.75, 3.05) is 0 Å². The molecule has 0 saturated carbocycles. The fourth-order valence-corrected chi connectivity index (χ4v) is 9.51. The number of benzene rings is 9. The topological polar surface area (TPSA) is 51.8 Å². The minimum absolute atomic E-state index is 0.00361. The Morgan fingerprint density at radius 2 is 0.968 bits per heavy atom. The molecule has 0 aliphatic heterocycles. The van der Waals surface area contributed by atoms with Crippen LogP contribution in [0.15, 0.2) is 217 Å². The Kier molecular flexibility index (Phi) is 7.25. The van der Waals surface area contributed by atoms with Gasteiger partial charge in [0.2, 0.25) is 0 Å². The van der Waals surface area contributed by atoms with Crippen LogP contribution < -0.4 is 0 Å². The highest BCUT2D eigenvalue weighted by molar-refractivity contribution is 7.26. The van der Waals surface area contributed by atoms with Gasteiger partial charge in [-0.2, -0.15) is 0 Å². The molecule has 0 aliphatic rings. The van der Waals surface area contributed by atoms with E-state index in [0.29, 0.717) is 22.8 Å². The van der Waals surface area contributed by atoms with Crippen molar-refractivity contribution in [3.05, 3.63) is 212 Å². The molecule has 0 atom stereocenters. The number of rotatable bonds is 7. The van der Waals surface area contributed by atoms with Gasteiger partial charge in [-0.25, -0.2) is 15.0 Å². The molecular formula is C57H35N3OS. The zero-order chi connectivity index (χ0) is 46.2. The standard InChI is InChI=1S/C57H35N3OS/c1-4-15-36(16-5-1)38-27-29-40(30-28-38)55-58-56(60-57(59-55)48-33-42(37-17-6-2-7-18-37)35-52-54(48)47-23-12-13-26-51(47)62-52)41-31-32-46-50(34-41)61-49-25-14-24-45(53(46)49)44-22-11-10-21-43(44)39-19-8-3-9-20-39/h1-35H/i14D,24D,25D,31D,32D,34D. The summed E-state index contributed by atoms with van der Waals surface area (Å²) < 4.78 is 65.2. The summed E-state index contributed by atoms with van der Waals surface area (Å²) in [6, 6.07) is 56.0. The maximum absolute atomic E-state index is 9.86. The van der Waals surface area contributed by atoms with E-state index in [0.717, 1.165) is 59.1 Å². The number of nitrogens with zero attached hydrogens (tertiary/aromatic N) is 3. The van der Waals surface area contributed by atoms with Crippen LogP contribution in [0.2, 0.25) is 0 Å². The van der Waals surface area contributed by atoms with E-state index in [2.05, 4.69) is 36.4 Å². The molecule has 5 heteroatoms. The first kappa shape index (κ1) is 30.1. The third-order valence-corrected chi connectivity index (χ3v) is 12.4. The first-order valence-corrected chi connectivity index (χ1v) is 21.1. The van der Waals surface area contributed by atoms with E-state index < -0.39 is 0 Å². The summed E-state index contributed by atoms with van der Waals surface area (Å²) in [5.41, 5.74) is 7.84. The van der Waals surface area contributed by atoms with Crippen LogP contribution in [0.4, 0.5) is 0 Å². The molecule has 3 heterocycles. The lowest BCUT2D eigenvalue weighted by Crippen LogP contribution is -2.00. The zero-order valence-corrected chi connectivity index (χ0v) is 33.7. The summed E-state index contributed by atoms with van der Waals surface area (Å²) in [4.78, 5) is 15.3. The minimum atomic E-state index is -0.353. The van der Waals surface area contributed by atoms with Crippen molar-refractivity contribution < 1.29 is 12.6 Å². The van der Waals surface area contributed by atoms with Crippen molar-refractivity contribution in [2.24, 2.45) is 0 Å². The smallest absolute Gasteiger partial charge is 0.164 e. The average Bonchev–Trinajstić information content (AvgIpc) is 3.98. The number of hydrogen-bond donors (Lipinski definition) is 0. The molecule has 4 nitrogen and oxygen atoms in total. The Hall–Kier alpha value is -7.99. The Labute approximate surface area is 370 Å². The van der Waals surface area contributed by atoms with Crippen LogP contribution in [0.1, 0.15) is 8.22 Å². The highest BCUT2D eigenvalue weighted by Crippen LogP contribution is 2.44. The summed E-state index contributed by atoms with van der Waals surface area (Å²) in [6.07, 6.45) is 0. The number of thiophene rings is 1. The second-order valence-electron chi connectivity index (χ2n) is 15.0. The Balaban J connectivity index is 1.14. The molecule has 0 radical (unpaired) electrons. The maximum atomic E-state index is 9.86. The molecule has 3 aromatic heterocycles. The van der Waals surface area contributed by atoms with Gasteiger partial charge in [-0.1, -0.05) is 176 Å². The maximum Gasteiger partial charge on any atom is 0.164 e. The van der Waals surface area contributed by atoms with Crippen molar-refractivity contribution in [2.45, 2.75) is 0 Å². The second-order valence-corrected chi connectivity index (χ2v) is 16.1. The third-order valence-electron chi connectivity index (χ3n) is 11.3. The fourth-order valence-electron chi connectivity index (χ4n) is 8.34. The molecule has 0 bridgehead atoms. The van der Waals surface area contributed by atoms with Crippen LogP contribution in [0.3, 0.4) is 0 Å². The summed E-state index contributed by atoms with van der Waals surface area (Å²) in [5, 5.41) is 2.33. The van der Waals surface area contributed by atoms with Crippen LogP contribution in [-0.2, 0) is 0 Å². The van der Waals surface area contributed by atoms with Crippen molar-refractivity contribution >= 4 is 53.4 Å². The number of furan rings is 1. The number of hydrogen-bond acceptors (Lipinski definition) is 5. The lowest BCUT2D eigenvalue weighted by Gasteiger charge is -2.12. The van der Waals surface area contributed by atoms with Gasteiger partial charge in [-0.05, 0) is 80.8 Å². The molecule has 0 spiro atoms. The molecule has 62 heavy (non-hydrogen) atoms. The van der Waals surface area contributed by atoms with Gasteiger partial charge in [0, 0.05) is 47.6 Å². The van der Waals surface area contributed by atoms with Gasteiger partial charge in [0.25, 0.3) is 0 Å². The fraction of sp³-hybridized carbons (Fsp3) is 0. The molecule has 0 saturated heterocycles. The summed E-state index contributed by atoms with van der Waals surface area (Å²) in [5.74, 6) is 0.636. The van der Waals surface area contributed by atoms with Gasteiger partial charge >= 0.3 is 0 Å². The Bertz CT molecular complexity index is 3970. The quantitative estimate of drug-likeness (QED) is 0.161. The van der Waals surface area contributed by atoms with E-state index in [1.165, 1.54) is 0 Å². The normalized spacial score (nSPS) is 12.9. The molecule has 0 unspecified atom stereocenters. The minimum Gasteiger partial charge on any atom is -0.456 e. The Morgan fingerprint density at radius 3 is 1.73 bits per heavy atom. The molecule has 0 amide bonds. The lowest BCUT2D eigenvalue weighted by atomic mass is 9.92. The largest absolute Gasteiger partial charge is 0.456 e. The first-order chi connectivity index (χ1) is 33.2. The van der Waals surface area contributed by atoms with Crippen molar-refractivity contribution in [3.63, 3.8) is 0 Å². The van der Waals surface area contributed by atoms with E-state index in [1.807, 2.05) is 140 Å². The molecule has 290 valence electrons. The van der Waals surface area contributed by atoms with E-state index in [-0.39, 0.29) is 75.1 Å². The van der Waals surface area contributed by atoms with Gasteiger partial charge in [0.1, 0.15) is 11.2 Å². The molecular weight excluding hydrogens is 775 g/mol. The van der Waals surface area contributed by atoms with E-state index >= 15 is 0 Å². The summed E-state index contributed by atoms with van der Waals surface area (Å²) in [7, 11) is 0. The highest BCUT2D eigenvalue weighted by atomic mass is 32.1. The van der Waals surface area contributed by atoms with Gasteiger partial charge < -0.3 is 4.42 Å². The zero-order valence-electron chi connectivity index (χ0n) is 38.9. The van der Waals surface area contributed by atoms with Crippen LogP contribution in [0.5, 0.6) is 0 Å². The number of aromatic nitrogens is 3. The monoisotopic (exact) mass is 815 g/mol. The van der Waals surface area contributed by atoms with Crippen LogP contribution >= 0.6 is 11.3 Å². The Morgan fingerprint density at radius 1 is 0.371 bits per heavy atom. The van der Waals surface area contributed by atoms with Gasteiger partial charge in [-0.3, -0.25) is 0 Å². The van der Waals surface area contributed by atoms with E-state index in [1.54, 1.807) is 11.3 Å². The van der Waals surface area contributed by atoms with Crippen LogP contribution in [0.25, 0.3) is 121 Å². The highest BCUT2D eigenvalue weighted by Gasteiger charge is 2.21.